The molecule has 106 valence electrons. The number of hydrogen-bond donors (Lipinski definition) is 3. The number of hydrogen-bond acceptors (Lipinski definition) is 5. The van der Waals surface area contributed by atoms with Crippen molar-refractivity contribution < 1.29 is 14.7 Å². The topological polar surface area (TPSA) is 91.3 Å². The van der Waals surface area contributed by atoms with E-state index in [1.807, 2.05) is 20.8 Å². The number of carboxylic acid groups (broad SMARTS) is 1. The van der Waals surface area contributed by atoms with Crippen molar-refractivity contribution in [2.45, 2.75) is 39.3 Å². The van der Waals surface area contributed by atoms with Gasteiger partial charge in [-0.25, -0.2) is 9.78 Å². The van der Waals surface area contributed by atoms with Gasteiger partial charge in [0, 0.05) is 23.9 Å². The summed E-state index contributed by atoms with van der Waals surface area (Å²) in [6, 6.07) is 0. The number of rotatable bonds is 6. The fraction of sp³-hybridized carbons (Fsp3) is 0.583. The molecular weight excluding hydrogens is 266 g/mol. The summed E-state index contributed by atoms with van der Waals surface area (Å²) in [7, 11) is 0. The predicted octanol–water partition coefficient (Wildman–Crippen LogP) is 1.24. The Morgan fingerprint density at radius 3 is 2.63 bits per heavy atom. The maximum absolute atomic E-state index is 11.6. The van der Waals surface area contributed by atoms with Crippen molar-refractivity contribution in [1.82, 2.24) is 15.6 Å². The molecule has 1 amide bonds. The Hall–Kier alpha value is -1.47. The second kappa shape index (κ2) is 6.63. The van der Waals surface area contributed by atoms with Crippen LogP contribution in [-0.2, 0) is 11.3 Å². The molecule has 1 aromatic heterocycles. The van der Waals surface area contributed by atoms with E-state index < -0.39 is 5.97 Å². The first-order chi connectivity index (χ1) is 8.78. The first kappa shape index (κ1) is 15.6. The van der Waals surface area contributed by atoms with Gasteiger partial charge in [-0.2, -0.15) is 0 Å². The lowest BCUT2D eigenvalue weighted by molar-refractivity contribution is -0.121. The standard InChI is InChI=1S/C12H19N3O3S/c1-12(2,3)14-5-4-9(16)13-6-10-15-8(7-19-10)11(17)18/h7,14H,4-6H2,1-3H3,(H,13,16)(H,17,18). The lowest BCUT2D eigenvalue weighted by Crippen LogP contribution is -2.38. The Labute approximate surface area is 116 Å². The van der Waals surface area contributed by atoms with Crippen LogP contribution in [0.3, 0.4) is 0 Å². The van der Waals surface area contributed by atoms with E-state index in [0.717, 1.165) is 0 Å². The average molecular weight is 285 g/mol. The molecule has 0 spiro atoms. The molecule has 0 saturated heterocycles. The van der Waals surface area contributed by atoms with Crippen molar-refractivity contribution >= 4 is 23.2 Å². The molecule has 1 rings (SSSR count). The van der Waals surface area contributed by atoms with Gasteiger partial charge < -0.3 is 15.7 Å². The molecule has 0 aliphatic rings. The van der Waals surface area contributed by atoms with Crippen LogP contribution in [0.5, 0.6) is 0 Å². The van der Waals surface area contributed by atoms with E-state index in [2.05, 4.69) is 15.6 Å². The molecule has 0 saturated carbocycles. The number of nitrogens with zero attached hydrogens (tertiary/aromatic N) is 1. The molecule has 1 aromatic rings. The maximum Gasteiger partial charge on any atom is 0.355 e. The van der Waals surface area contributed by atoms with Crippen LogP contribution in [0.4, 0.5) is 0 Å². The summed E-state index contributed by atoms with van der Waals surface area (Å²) in [5.74, 6) is -1.13. The van der Waals surface area contributed by atoms with Gasteiger partial charge in [-0.05, 0) is 20.8 Å². The van der Waals surface area contributed by atoms with Gasteiger partial charge in [-0.3, -0.25) is 4.79 Å². The van der Waals surface area contributed by atoms with Crippen molar-refractivity contribution in [2.24, 2.45) is 0 Å². The normalized spacial score (nSPS) is 11.3. The first-order valence-corrected chi connectivity index (χ1v) is 6.85. The minimum atomic E-state index is -1.05. The number of nitrogens with one attached hydrogen (secondary N) is 2. The molecule has 19 heavy (non-hydrogen) atoms. The van der Waals surface area contributed by atoms with Gasteiger partial charge in [0.05, 0.1) is 6.54 Å². The Bertz CT molecular complexity index is 451. The first-order valence-electron chi connectivity index (χ1n) is 5.97. The quantitative estimate of drug-likeness (QED) is 0.731. The Morgan fingerprint density at radius 2 is 2.11 bits per heavy atom. The van der Waals surface area contributed by atoms with E-state index >= 15 is 0 Å². The van der Waals surface area contributed by atoms with Gasteiger partial charge in [0.25, 0.3) is 0 Å². The van der Waals surface area contributed by atoms with Crippen molar-refractivity contribution in [2.75, 3.05) is 6.54 Å². The number of amides is 1. The highest BCUT2D eigenvalue weighted by Crippen LogP contribution is 2.09. The third-order valence-electron chi connectivity index (χ3n) is 2.22. The number of carbonyl (C=O) groups excluding carboxylic acids is 1. The van der Waals surface area contributed by atoms with Crippen LogP contribution in [0.15, 0.2) is 5.38 Å². The minimum absolute atomic E-state index is 0.00796. The molecule has 0 aliphatic heterocycles. The van der Waals surface area contributed by atoms with E-state index in [4.69, 9.17) is 5.11 Å². The van der Waals surface area contributed by atoms with Gasteiger partial charge >= 0.3 is 5.97 Å². The molecule has 3 N–H and O–H groups in total. The molecular formula is C12H19N3O3S. The van der Waals surface area contributed by atoms with Crippen LogP contribution in [0, 0.1) is 0 Å². The molecule has 0 fully saturated rings. The second-order valence-corrected chi connectivity index (χ2v) is 6.08. The lowest BCUT2D eigenvalue weighted by Gasteiger charge is -2.20. The Balaban J connectivity index is 2.28. The van der Waals surface area contributed by atoms with Gasteiger partial charge in [0.2, 0.25) is 5.91 Å². The van der Waals surface area contributed by atoms with Gasteiger partial charge in [-0.1, -0.05) is 0 Å². The van der Waals surface area contributed by atoms with Crippen molar-refractivity contribution in [3.8, 4) is 0 Å². The molecule has 0 aliphatic carbocycles. The van der Waals surface area contributed by atoms with Gasteiger partial charge in [0.1, 0.15) is 5.01 Å². The monoisotopic (exact) mass is 285 g/mol. The molecule has 0 atom stereocenters. The van der Waals surface area contributed by atoms with Crippen LogP contribution >= 0.6 is 11.3 Å². The molecule has 1 heterocycles. The van der Waals surface area contributed by atoms with Crippen LogP contribution in [0.1, 0.15) is 42.7 Å². The fourth-order valence-electron chi connectivity index (χ4n) is 1.30. The maximum atomic E-state index is 11.6. The van der Waals surface area contributed by atoms with E-state index in [1.54, 1.807) is 0 Å². The summed E-state index contributed by atoms with van der Waals surface area (Å²) < 4.78 is 0. The number of thiazole rings is 1. The van der Waals surface area contributed by atoms with Crippen LogP contribution < -0.4 is 10.6 Å². The number of carbonyl (C=O) groups is 2. The molecule has 6 nitrogen and oxygen atoms in total. The summed E-state index contributed by atoms with van der Waals surface area (Å²) in [5.41, 5.74) is 0.00931. The molecule has 7 heteroatoms. The van der Waals surface area contributed by atoms with E-state index in [9.17, 15) is 9.59 Å². The Morgan fingerprint density at radius 1 is 1.42 bits per heavy atom. The molecule has 0 unspecified atom stereocenters. The smallest absolute Gasteiger partial charge is 0.355 e. The largest absolute Gasteiger partial charge is 0.476 e. The van der Waals surface area contributed by atoms with E-state index in [0.29, 0.717) is 18.0 Å². The summed E-state index contributed by atoms with van der Waals surface area (Å²) >= 11 is 1.23. The summed E-state index contributed by atoms with van der Waals surface area (Å²) in [6.07, 6.45) is 0.383. The molecule has 0 aromatic carbocycles. The third-order valence-corrected chi connectivity index (χ3v) is 3.06. The highest BCUT2D eigenvalue weighted by molar-refractivity contribution is 7.09. The van der Waals surface area contributed by atoms with Crippen molar-refractivity contribution in [1.29, 1.82) is 0 Å². The molecule has 0 bridgehead atoms. The third kappa shape index (κ3) is 6.30. The van der Waals surface area contributed by atoms with Crippen molar-refractivity contribution in [3.63, 3.8) is 0 Å². The zero-order chi connectivity index (χ0) is 14.5. The number of aromatic nitrogens is 1. The zero-order valence-electron chi connectivity index (χ0n) is 11.3. The van der Waals surface area contributed by atoms with E-state index in [1.165, 1.54) is 16.7 Å². The fourth-order valence-corrected chi connectivity index (χ4v) is 2.01. The summed E-state index contributed by atoms with van der Waals surface area (Å²) in [5, 5.41) is 16.7. The lowest BCUT2D eigenvalue weighted by atomic mass is 10.1. The highest BCUT2D eigenvalue weighted by atomic mass is 32.1. The predicted molar refractivity (Wildman–Crippen MR) is 73.3 cm³/mol. The highest BCUT2D eigenvalue weighted by Gasteiger charge is 2.11. The summed E-state index contributed by atoms with van der Waals surface area (Å²) in [4.78, 5) is 26.1. The van der Waals surface area contributed by atoms with Gasteiger partial charge in [-0.15, -0.1) is 11.3 Å². The SMILES string of the molecule is CC(C)(C)NCCC(=O)NCc1nc(C(=O)O)cs1. The number of aromatic carboxylic acids is 1. The van der Waals surface area contributed by atoms with Crippen LogP contribution in [-0.4, -0.2) is 34.1 Å². The average Bonchev–Trinajstić information content (AvgIpc) is 2.73. The Kier molecular flexibility index (Phi) is 5.44. The van der Waals surface area contributed by atoms with E-state index in [-0.39, 0.29) is 23.7 Å². The minimum Gasteiger partial charge on any atom is -0.476 e. The van der Waals surface area contributed by atoms with Gasteiger partial charge in [0.15, 0.2) is 5.69 Å². The van der Waals surface area contributed by atoms with Crippen molar-refractivity contribution in [3.05, 3.63) is 16.1 Å². The number of carboxylic acids is 1. The van der Waals surface area contributed by atoms with Crippen LogP contribution in [0.2, 0.25) is 0 Å². The second-order valence-electron chi connectivity index (χ2n) is 5.14. The molecule has 0 radical (unpaired) electrons. The van der Waals surface area contributed by atoms with Crippen LogP contribution in [0.25, 0.3) is 0 Å². The summed E-state index contributed by atoms with van der Waals surface area (Å²) in [6.45, 7) is 6.98. The zero-order valence-corrected chi connectivity index (χ0v) is 12.1.